The molecule has 0 saturated carbocycles. The van der Waals surface area contributed by atoms with E-state index >= 15 is 0 Å². The molecule has 0 spiro atoms. The van der Waals surface area contributed by atoms with Gasteiger partial charge in [-0.25, -0.2) is 14.1 Å². The van der Waals surface area contributed by atoms with Crippen LogP contribution in [-0.4, -0.2) is 65.0 Å². The zero-order valence-electron chi connectivity index (χ0n) is 23.6. The summed E-state index contributed by atoms with van der Waals surface area (Å²) in [6, 6.07) is 7.91. The van der Waals surface area contributed by atoms with Crippen LogP contribution in [0.2, 0.25) is 5.15 Å². The van der Waals surface area contributed by atoms with E-state index in [0.717, 1.165) is 0 Å². The Morgan fingerprint density at radius 2 is 1.90 bits per heavy atom. The van der Waals surface area contributed by atoms with Crippen LogP contribution < -0.4 is 5.32 Å². The second-order valence-corrected chi connectivity index (χ2v) is 12.7. The molecular formula is C27H35ClFN4O7P. The lowest BCUT2D eigenvalue weighted by Gasteiger charge is -2.25. The zero-order chi connectivity index (χ0) is 29.4. The summed E-state index contributed by atoms with van der Waals surface area (Å²) in [7, 11) is -3.40. The number of nitrogens with zero attached hydrogens (tertiary/aromatic N) is 3. The van der Waals surface area contributed by atoms with Gasteiger partial charge < -0.3 is 33.3 Å². The third-order valence-electron chi connectivity index (χ3n) is 6.83. The van der Waals surface area contributed by atoms with E-state index in [-0.39, 0.29) is 43.2 Å². The summed E-state index contributed by atoms with van der Waals surface area (Å²) in [6.07, 6.45) is -0.898. The zero-order valence-corrected chi connectivity index (χ0v) is 25.2. The van der Waals surface area contributed by atoms with Crippen molar-refractivity contribution in [3.63, 3.8) is 0 Å². The summed E-state index contributed by atoms with van der Waals surface area (Å²) < 4.78 is 64.0. The molecule has 5 rings (SSSR count). The van der Waals surface area contributed by atoms with E-state index in [9.17, 15) is 8.96 Å². The number of aromatic nitrogens is 3. The number of anilines is 1. The van der Waals surface area contributed by atoms with Gasteiger partial charge in [-0.15, -0.1) is 0 Å². The van der Waals surface area contributed by atoms with Gasteiger partial charge in [-0.3, -0.25) is 4.57 Å². The Morgan fingerprint density at radius 3 is 2.61 bits per heavy atom. The summed E-state index contributed by atoms with van der Waals surface area (Å²) in [4.78, 5) is 4.52. The number of benzene rings is 1. The Kier molecular flexibility index (Phi) is 9.04. The number of pyridine rings is 1. The van der Waals surface area contributed by atoms with Gasteiger partial charge in [-0.2, -0.15) is 5.10 Å². The Balaban J connectivity index is 1.39. The molecule has 3 aromatic rings. The molecule has 2 aromatic heterocycles. The van der Waals surface area contributed by atoms with Gasteiger partial charge >= 0.3 is 7.60 Å². The maximum absolute atomic E-state index is 14.4. The van der Waals surface area contributed by atoms with Crippen molar-refractivity contribution in [2.75, 3.05) is 31.5 Å². The van der Waals surface area contributed by atoms with Crippen molar-refractivity contribution in [2.24, 2.45) is 0 Å². The van der Waals surface area contributed by atoms with Crippen molar-refractivity contribution in [3.05, 3.63) is 53.1 Å². The van der Waals surface area contributed by atoms with Crippen molar-refractivity contribution in [3.8, 4) is 0 Å². The highest BCUT2D eigenvalue weighted by Crippen LogP contribution is 2.49. The second-order valence-electron chi connectivity index (χ2n) is 10.3. The fraction of sp³-hybridized carbons (Fsp3) is 0.556. The van der Waals surface area contributed by atoms with E-state index in [1.165, 1.54) is 6.07 Å². The molecule has 0 radical (unpaired) electrons. The molecular weight excluding hydrogens is 578 g/mol. The monoisotopic (exact) mass is 612 g/mol. The van der Waals surface area contributed by atoms with Gasteiger partial charge in [0.25, 0.3) is 0 Å². The molecule has 0 aliphatic carbocycles. The van der Waals surface area contributed by atoms with Crippen molar-refractivity contribution >= 4 is 35.9 Å². The summed E-state index contributed by atoms with van der Waals surface area (Å²) >= 11 is 6.43. The minimum Gasteiger partial charge on any atom is -0.378 e. The SMILES string of the molecule is CCOP(=O)(COC[C@H]1O[C@@H](n2ncc3c(N[C@@H](C)c4ccccc4F)cc(Cl)nc32)[C@@H]2OC(C)(C)O[C@@H]21)OCC. The lowest BCUT2D eigenvalue weighted by atomic mass is 10.1. The largest absolute Gasteiger partial charge is 0.378 e. The minimum atomic E-state index is -3.40. The molecule has 224 valence electrons. The number of nitrogens with one attached hydrogen (secondary N) is 1. The summed E-state index contributed by atoms with van der Waals surface area (Å²) in [6.45, 7) is 9.50. The highest BCUT2D eigenvalue weighted by Gasteiger charge is 2.56. The van der Waals surface area contributed by atoms with Crippen LogP contribution in [0.5, 0.6) is 0 Å². The van der Waals surface area contributed by atoms with Crippen LogP contribution in [0, 0.1) is 5.82 Å². The predicted octanol–water partition coefficient (Wildman–Crippen LogP) is 6.05. The molecule has 0 amide bonds. The van der Waals surface area contributed by atoms with Gasteiger partial charge in [0.05, 0.1) is 43.1 Å². The van der Waals surface area contributed by atoms with E-state index in [0.29, 0.717) is 22.3 Å². The Bertz CT molecular complexity index is 1420. The van der Waals surface area contributed by atoms with E-state index < -0.39 is 37.9 Å². The number of hydrogen-bond acceptors (Lipinski definition) is 10. The minimum absolute atomic E-state index is 0.0571. The Morgan fingerprint density at radius 1 is 1.20 bits per heavy atom. The summed E-state index contributed by atoms with van der Waals surface area (Å²) in [5.74, 6) is -1.18. The van der Waals surface area contributed by atoms with Crippen LogP contribution in [0.25, 0.3) is 11.0 Å². The van der Waals surface area contributed by atoms with Crippen molar-refractivity contribution in [2.45, 2.75) is 71.0 Å². The van der Waals surface area contributed by atoms with Crippen LogP contribution in [0.15, 0.2) is 36.5 Å². The molecule has 0 bridgehead atoms. The summed E-state index contributed by atoms with van der Waals surface area (Å²) in [5, 5.41) is 8.81. The van der Waals surface area contributed by atoms with Crippen LogP contribution >= 0.6 is 19.2 Å². The van der Waals surface area contributed by atoms with Gasteiger partial charge in [0.2, 0.25) is 0 Å². The van der Waals surface area contributed by atoms with Crippen LogP contribution in [-0.2, 0) is 32.6 Å². The van der Waals surface area contributed by atoms with Gasteiger partial charge in [0, 0.05) is 5.56 Å². The fourth-order valence-corrected chi connectivity index (χ4v) is 6.74. The second kappa shape index (κ2) is 12.2. The molecule has 0 unspecified atom stereocenters. The molecule has 11 nitrogen and oxygen atoms in total. The number of rotatable bonds is 12. The van der Waals surface area contributed by atoms with Crippen molar-refractivity contribution < 1.29 is 37.0 Å². The molecule has 2 saturated heterocycles. The molecule has 2 aliphatic rings. The predicted molar refractivity (Wildman–Crippen MR) is 150 cm³/mol. The maximum atomic E-state index is 14.4. The van der Waals surface area contributed by atoms with E-state index in [4.69, 9.17) is 39.6 Å². The van der Waals surface area contributed by atoms with Gasteiger partial charge in [0.15, 0.2) is 17.7 Å². The normalized spacial score (nSPS) is 24.6. The topological polar surface area (TPSA) is 115 Å². The Hall–Kier alpha value is -2.15. The molecule has 1 N–H and O–H groups in total. The first kappa shape index (κ1) is 30.3. The average Bonchev–Trinajstić information content (AvgIpc) is 3.55. The molecule has 4 heterocycles. The number of halogens is 2. The first-order chi connectivity index (χ1) is 19.5. The molecule has 41 heavy (non-hydrogen) atoms. The third kappa shape index (κ3) is 6.45. The highest BCUT2D eigenvalue weighted by atomic mass is 35.5. The number of ether oxygens (including phenoxy) is 4. The average molecular weight is 613 g/mol. The van der Waals surface area contributed by atoms with E-state index in [2.05, 4.69) is 15.4 Å². The number of fused-ring (bicyclic) bond motifs is 2. The van der Waals surface area contributed by atoms with Crippen molar-refractivity contribution in [1.82, 2.24) is 14.8 Å². The molecule has 1 aromatic carbocycles. The maximum Gasteiger partial charge on any atom is 0.356 e. The standard InChI is InChI=1S/C27H35ClFN4O7P/c1-6-36-41(34,37-7-2)15-35-14-21-23-24(40-27(4,5)39-23)26(38-21)33-25-18(13-30-33)20(12-22(28)32-25)31-16(3)17-10-8-9-11-19(17)29/h8-13,16,21,23-24,26H,6-7,14-15H2,1-5H3,(H,31,32)/t16-,21+,23+,24+,26+/m0/s1. The van der Waals surface area contributed by atoms with Gasteiger partial charge in [-0.05, 0) is 46.8 Å². The van der Waals surface area contributed by atoms with Gasteiger partial charge in [0.1, 0.15) is 35.6 Å². The van der Waals surface area contributed by atoms with Gasteiger partial charge in [-0.1, -0.05) is 29.8 Å². The van der Waals surface area contributed by atoms with E-state index in [1.54, 1.807) is 49.0 Å². The summed E-state index contributed by atoms with van der Waals surface area (Å²) in [5.41, 5.74) is 1.61. The number of hydrogen-bond donors (Lipinski definition) is 1. The quantitative estimate of drug-likeness (QED) is 0.191. The smallest absolute Gasteiger partial charge is 0.356 e. The molecule has 2 aliphatic heterocycles. The first-order valence-electron chi connectivity index (χ1n) is 13.6. The fourth-order valence-electron chi connectivity index (χ4n) is 5.21. The van der Waals surface area contributed by atoms with Crippen LogP contribution in [0.3, 0.4) is 0 Å². The molecule has 14 heteroatoms. The third-order valence-corrected chi connectivity index (χ3v) is 8.82. The van der Waals surface area contributed by atoms with Crippen molar-refractivity contribution in [1.29, 1.82) is 0 Å². The first-order valence-corrected chi connectivity index (χ1v) is 15.7. The lowest BCUT2D eigenvalue weighted by Crippen LogP contribution is -2.33. The lowest BCUT2D eigenvalue weighted by molar-refractivity contribution is -0.202. The van der Waals surface area contributed by atoms with Crippen LogP contribution in [0.4, 0.5) is 10.1 Å². The van der Waals surface area contributed by atoms with Crippen LogP contribution in [0.1, 0.15) is 52.5 Å². The molecule has 2 fully saturated rings. The highest BCUT2D eigenvalue weighted by molar-refractivity contribution is 7.53. The molecule has 5 atom stereocenters. The Labute approximate surface area is 243 Å². The van der Waals surface area contributed by atoms with E-state index in [1.807, 2.05) is 20.8 Å².